The van der Waals surface area contributed by atoms with Gasteiger partial charge in [-0.25, -0.2) is 0 Å². The molecule has 0 radical (unpaired) electrons. The number of phenolic OH excluding ortho intramolecular Hbond substituents is 1. The van der Waals surface area contributed by atoms with Crippen LogP contribution in [0.15, 0.2) is 23.6 Å². The van der Waals surface area contributed by atoms with Crippen molar-refractivity contribution in [2.45, 2.75) is 13.8 Å². The molecule has 3 nitrogen and oxygen atoms in total. The van der Waals surface area contributed by atoms with Crippen LogP contribution in [0.3, 0.4) is 0 Å². The molecule has 0 atom stereocenters. The van der Waals surface area contributed by atoms with Gasteiger partial charge in [-0.15, -0.1) is 12.6 Å². The van der Waals surface area contributed by atoms with Crippen LogP contribution in [-0.2, 0) is 4.79 Å². The summed E-state index contributed by atoms with van der Waals surface area (Å²) in [6.45, 7) is 7.01. The van der Waals surface area contributed by atoms with Crippen LogP contribution in [0.5, 0.6) is 5.75 Å². The normalized spacial score (nSPS) is 9.80. The van der Waals surface area contributed by atoms with Gasteiger partial charge in [-0.3, -0.25) is 4.79 Å². The summed E-state index contributed by atoms with van der Waals surface area (Å²) in [6.07, 6.45) is 0. The van der Waals surface area contributed by atoms with Crippen molar-refractivity contribution < 1.29 is 9.90 Å². The second-order valence-corrected chi connectivity index (χ2v) is 3.84. The second-order valence-electron chi connectivity index (χ2n) is 3.30. The summed E-state index contributed by atoms with van der Waals surface area (Å²) in [4.78, 5) is 11.5. The van der Waals surface area contributed by atoms with E-state index in [1.165, 1.54) is 0 Å². The summed E-state index contributed by atoms with van der Waals surface area (Å²) in [5.74, 6) is -0.212. The number of phenols is 1. The molecule has 0 aromatic heterocycles. The molecule has 1 aromatic carbocycles. The zero-order valence-corrected chi connectivity index (χ0v) is 9.56. The first-order chi connectivity index (χ1) is 6.93. The lowest BCUT2D eigenvalue weighted by molar-refractivity contribution is -0.112. The summed E-state index contributed by atoms with van der Waals surface area (Å²) < 4.78 is 0. The molecule has 0 unspecified atom stereocenters. The van der Waals surface area contributed by atoms with Gasteiger partial charge in [0.2, 0.25) is 0 Å². The monoisotopic (exact) mass is 223 g/mol. The SMILES string of the molecule is C=C(S)C(=O)Nc1c(C)ccc(O)c1C. The number of carbonyl (C=O) groups is 1. The number of aromatic hydroxyl groups is 1. The van der Waals surface area contributed by atoms with Gasteiger partial charge in [0, 0.05) is 5.56 Å². The number of benzene rings is 1. The Labute approximate surface area is 94.2 Å². The highest BCUT2D eigenvalue weighted by Gasteiger charge is 2.10. The topological polar surface area (TPSA) is 49.3 Å². The number of thiol groups is 1. The van der Waals surface area contributed by atoms with Crippen molar-refractivity contribution in [2.24, 2.45) is 0 Å². The van der Waals surface area contributed by atoms with E-state index in [1.54, 1.807) is 19.1 Å². The lowest BCUT2D eigenvalue weighted by Crippen LogP contribution is -2.12. The van der Waals surface area contributed by atoms with Crippen molar-refractivity contribution in [3.05, 3.63) is 34.7 Å². The number of hydrogen-bond acceptors (Lipinski definition) is 3. The third-order valence-electron chi connectivity index (χ3n) is 2.15. The molecule has 0 saturated heterocycles. The van der Waals surface area contributed by atoms with E-state index >= 15 is 0 Å². The number of anilines is 1. The highest BCUT2D eigenvalue weighted by molar-refractivity contribution is 7.85. The van der Waals surface area contributed by atoms with Gasteiger partial charge < -0.3 is 10.4 Å². The van der Waals surface area contributed by atoms with Gasteiger partial charge in [-0.05, 0) is 25.5 Å². The molecule has 0 bridgehead atoms. The van der Waals surface area contributed by atoms with Crippen LogP contribution >= 0.6 is 12.6 Å². The Kier molecular flexibility index (Phi) is 3.42. The number of hydrogen-bond donors (Lipinski definition) is 3. The summed E-state index contributed by atoms with van der Waals surface area (Å²) in [5.41, 5.74) is 2.13. The maximum atomic E-state index is 11.4. The van der Waals surface area contributed by atoms with Crippen LogP contribution in [0.1, 0.15) is 11.1 Å². The fraction of sp³-hybridized carbons (Fsp3) is 0.182. The molecular formula is C11H13NO2S. The second kappa shape index (κ2) is 4.40. The Morgan fingerprint density at radius 2 is 2.07 bits per heavy atom. The van der Waals surface area contributed by atoms with Crippen molar-refractivity contribution in [3.63, 3.8) is 0 Å². The van der Waals surface area contributed by atoms with E-state index in [-0.39, 0.29) is 16.6 Å². The fourth-order valence-electron chi connectivity index (χ4n) is 1.21. The predicted octanol–water partition coefficient (Wildman–Crippen LogP) is 2.39. The van der Waals surface area contributed by atoms with Crippen LogP contribution in [-0.4, -0.2) is 11.0 Å². The Hall–Kier alpha value is -1.42. The molecule has 0 aliphatic carbocycles. The molecule has 1 aromatic rings. The van der Waals surface area contributed by atoms with Gasteiger partial charge in [0.15, 0.2) is 0 Å². The lowest BCUT2D eigenvalue weighted by atomic mass is 10.1. The standard InChI is InChI=1S/C11H13NO2S/c1-6-4-5-9(13)7(2)10(6)12-11(14)8(3)15/h4-5,13,15H,3H2,1-2H3,(H,12,14). The molecule has 2 N–H and O–H groups in total. The molecule has 0 aliphatic heterocycles. The lowest BCUT2D eigenvalue weighted by Gasteiger charge is -2.12. The minimum Gasteiger partial charge on any atom is -0.508 e. The molecule has 0 aliphatic rings. The Morgan fingerprint density at radius 3 is 2.60 bits per heavy atom. The largest absolute Gasteiger partial charge is 0.508 e. The van der Waals surface area contributed by atoms with E-state index < -0.39 is 0 Å². The number of carbonyl (C=O) groups excluding carboxylic acids is 1. The predicted molar refractivity (Wildman–Crippen MR) is 64.3 cm³/mol. The van der Waals surface area contributed by atoms with Crippen LogP contribution < -0.4 is 5.32 Å². The van der Waals surface area contributed by atoms with E-state index in [2.05, 4.69) is 24.5 Å². The average molecular weight is 223 g/mol. The van der Waals surface area contributed by atoms with Gasteiger partial charge in [0.1, 0.15) is 5.75 Å². The van der Waals surface area contributed by atoms with Crippen molar-refractivity contribution in [1.82, 2.24) is 0 Å². The quantitative estimate of drug-likeness (QED) is 0.532. The highest BCUT2D eigenvalue weighted by Crippen LogP contribution is 2.28. The van der Waals surface area contributed by atoms with Crippen molar-refractivity contribution >= 4 is 24.2 Å². The van der Waals surface area contributed by atoms with Crippen LogP contribution in [0.2, 0.25) is 0 Å². The van der Waals surface area contributed by atoms with Gasteiger partial charge >= 0.3 is 0 Å². The Balaban J connectivity index is 3.09. The fourth-order valence-corrected chi connectivity index (χ4v) is 1.27. The summed E-state index contributed by atoms with van der Waals surface area (Å²) in [6, 6.07) is 3.33. The van der Waals surface area contributed by atoms with Gasteiger partial charge in [0.25, 0.3) is 5.91 Å². The molecule has 0 heterocycles. The summed E-state index contributed by atoms with van der Waals surface area (Å²) in [5, 5.41) is 12.1. The van der Waals surface area contributed by atoms with Gasteiger partial charge in [-0.2, -0.15) is 0 Å². The maximum Gasteiger partial charge on any atom is 0.261 e. The van der Waals surface area contributed by atoms with E-state index in [9.17, 15) is 9.90 Å². The Morgan fingerprint density at radius 1 is 1.47 bits per heavy atom. The van der Waals surface area contributed by atoms with Gasteiger partial charge in [-0.1, -0.05) is 12.6 Å². The first-order valence-electron chi connectivity index (χ1n) is 4.42. The molecule has 1 amide bonds. The zero-order valence-electron chi connectivity index (χ0n) is 8.66. The summed E-state index contributed by atoms with van der Waals surface area (Å²) >= 11 is 3.85. The molecule has 0 fully saturated rings. The first kappa shape index (κ1) is 11.7. The molecular weight excluding hydrogens is 210 g/mol. The molecule has 4 heteroatoms. The van der Waals surface area contributed by atoms with Gasteiger partial charge in [0.05, 0.1) is 10.6 Å². The molecule has 0 saturated carbocycles. The van der Waals surface area contributed by atoms with Crippen molar-refractivity contribution in [2.75, 3.05) is 5.32 Å². The summed E-state index contributed by atoms with van der Waals surface area (Å²) in [7, 11) is 0. The highest BCUT2D eigenvalue weighted by atomic mass is 32.1. The zero-order chi connectivity index (χ0) is 11.6. The first-order valence-corrected chi connectivity index (χ1v) is 4.86. The van der Waals surface area contributed by atoms with Crippen LogP contribution in [0, 0.1) is 13.8 Å². The van der Waals surface area contributed by atoms with Crippen molar-refractivity contribution in [1.29, 1.82) is 0 Å². The molecule has 0 spiro atoms. The average Bonchev–Trinajstić information content (AvgIpc) is 2.18. The van der Waals surface area contributed by atoms with Crippen molar-refractivity contribution in [3.8, 4) is 5.75 Å². The molecule has 1 rings (SSSR count). The van der Waals surface area contributed by atoms with E-state index in [1.807, 2.05) is 6.92 Å². The number of nitrogens with one attached hydrogen (secondary N) is 1. The van der Waals surface area contributed by atoms with Crippen LogP contribution in [0.25, 0.3) is 0 Å². The van der Waals surface area contributed by atoms with E-state index in [4.69, 9.17) is 0 Å². The van der Waals surface area contributed by atoms with E-state index in [0.29, 0.717) is 11.3 Å². The third-order valence-corrected chi connectivity index (χ3v) is 2.35. The van der Waals surface area contributed by atoms with E-state index in [0.717, 1.165) is 5.56 Å². The third kappa shape index (κ3) is 2.53. The minimum atomic E-state index is -0.366. The molecule has 80 valence electrons. The minimum absolute atomic E-state index is 0.136. The Bertz CT molecular complexity index is 427. The molecule has 15 heavy (non-hydrogen) atoms. The number of aryl methyl sites for hydroxylation is 1. The number of rotatable bonds is 2. The number of amides is 1. The van der Waals surface area contributed by atoms with Crippen LogP contribution in [0.4, 0.5) is 5.69 Å². The maximum absolute atomic E-state index is 11.4. The smallest absolute Gasteiger partial charge is 0.261 e.